The summed E-state index contributed by atoms with van der Waals surface area (Å²) in [6.07, 6.45) is 12.3. The van der Waals surface area contributed by atoms with E-state index < -0.39 is 17.9 Å². The average molecular weight is 523 g/mol. The van der Waals surface area contributed by atoms with Gasteiger partial charge in [-0.1, -0.05) is 51.7 Å². The first-order valence-corrected chi connectivity index (χ1v) is 13.4. The Hall–Kier alpha value is -2.52. The highest BCUT2D eigenvalue weighted by atomic mass is 16.6. The third-order valence-corrected chi connectivity index (χ3v) is 6.64. The molecular formula is C28H42O9. The van der Waals surface area contributed by atoms with Gasteiger partial charge in [-0.3, -0.25) is 4.79 Å². The van der Waals surface area contributed by atoms with Crippen LogP contribution in [0.2, 0.25) is 0 Å². The van der Waals surface area contributed by atoms with Crippen molar-refractivity contribution in [2.75, 3.05) is 39.6 Å². The number of ether oxygens (including phenoxy) is 5. The van der Waals surface area contributed by atoms with Crippen LogP contribution in [0.3, 0.4) is 0 Å². The second kappa shape index (κ2) is 17.9. The summed E-state index contributed by atoms with van der Waals surface area (Å²) >= 11 is 0. The molecule has 37 heavy (non-hydrogen) atoms. The van der Waals surface area contributed by atoms with Crippen molar-refractivity contribution in [3.8, 4) is 0 Å². The molecule has 0 aromatic heterocycles. The van der Waals surface area contributed by atoms with Gasteiger partial charge in [0.1, 0.15) is 32.5 Å². The van der Waals surface area contributed by atoms with Crippen LogP contribution in [0.25, 0.3) is 0 Å². The summed E-state index contributed by atoms with van der Waals surface area (Å²) in [7, 11) is 0. The second-order valence-electron chi connectivity index (χ2n) is 9.76. The van der Waals surface area contributed by atoms with Crippen molar-refractivity contribution in [3.63, 3.8) is 0 Å². The number of rotatable bonds is 17. The van der Waals surface area contributed by atoms with E-state index in [4.69, 9.17) is 23.7 Å². The first-order valence-electron chi connectivity index (χ1n) is 13.4. The maximum atomic E-state index is 12.2. The molecule has 0 aliphatic heterocycles. The van der Waals surface area contributed by atoms with Gasteiger partial charge in [-0.15, -0.1) is 0 Å². The van der Waals surface area contributed by atoms with Crippen LogP contribution in [0.1, 0.15) is 77.0 Å². The third-order valence-electron chi connectivity index (χ3n) is 6.64. The predicted octanol–water partition coefficient (Wildman–Crippen LogP) is 4.02. The molecular weight excluding hydrogens is 480 g/mol. The molecule has 0 radical (unpaired) electrons. The van der Waals surface area contributed by atoms with Crippen molar-refractivity contribution in [2.24, 2.45) is 5.92 Å². The van der Waals surface area contributed by atoms with Crippen LogP contribution in [0.15, 0.2) is 24.3 Å². The van der Waals surface area contributed by atoms with Gasteiger partial charge in [0, 0.05) is 12.0 Å². The van der Waals surface area contributed by atoms with Gasteiger partial charge in [-0.05, 0) is 38.0 Å². The summed E-state index contributed by atoms with van der Waals surface area (Å²) in [5, 5.41) is 0. The lowest BCUT2D eigenvalue weighted by molar-refractivity contribution is -0.153. The predicted molar refractivity (Wildman–Crippen MR) is 136 cm³/mol. The lowest BCUT2D eigenvalue weighted by Gasteiger charge is -2.22. The normalized spacial score (nSPS) is 16.5. The minimum atomic E-state index is -0.655. The zero-order chi connectivity index (χ0) is 26.9. The summed E-state index contributed by atoms with van der Waals surface area (Å²) in [5.41, 5.74) is 0.366. The first-order chi connectivity index (χ1) is 17.8. The molecule has 0 spiro atoms. The Morgan fingerprint density at radius 2 is 1.16 bits per heavy atom. The monoisotopic (exact) mass is 522 g/mol. The molecule has 208 valence electrons. The molecule has 0 bridgehead atoms. The minimum Gasteiger partial charge on any atom is -0.459 e. The van der Waals surface area contributed by atoms with E-state index in [9.17, 15) is 19.2 Å². The zero-order valence-corrected chi connectivity index (χ0v) is 22.0. The average Bonchev–Trinajstić information content (AvgIpc) is 2.91. The van der Waals surface area contributed by atoms with Crippen molar-refractivity contribution in [1.29, 1.82) is 0 Å². The quantitative estimate of drug-likeness (QED) is 0.121. The number of ketones is 1. The molecule has 0 saturated heterocycles. The maximum Gasteiger partial charge on any atom is 0.337 e. The summed E-state index contributed by atoms with van der Waals surface area (Å²) in [5.74, 6) is -1.27. The molecule has 0 atom stereocenters. The van der Waals surface area contributed by atoms with Crippen molar-refractivity contribution in [2.45, 2.75) is 83.2 Å². The lowest BCUT2D eigenvalue weighted by Crippen LogP contribution is -2.24. The molecule has 0 N–H and O–H groups in total. The highest BCUT2D eigenvalue weighted by Crippen LogP contribution is 2.27. The maximum absolute atomic E-state index is 12.2. The van der Waals surface area contributed by atoms with Crippen LogP contribution in [0.4, 0.5) is 0 Å². The van der Waals surface area contributed by atoms with Gasteiger partial charge in [0.15, 0.2) is 5.78 Å². The smallest absolute Gasteiger partial charge is 0.337 e. The van der Waals surface area contributed by atoms with Gasteiger partial charge in [0.25, 0.3) is 0 Å². The SMILES string of the molecule is C=C(COC(=O)COCCOCC(=O)OCC(=C)C(=O)OC1CCCCC1)C(=O)CCC1CCCCC1. The molecule has 0 amide bonds. The highest BCUT2D eigenvalue weighted by Gasteiger charge is 2.20. The van der Waals surface area contributed by atoms with Gasteiger partial charge in [-0.25, -0.2) is 14.4 Å². The molecule has 2 aliphatic rings. The van der Waals surface area contributed by atoms with E-state index in [2.05, 4.69) is 13.2 Å². The standard InChI is InChI=1S/C28H42O9/c1-21(25(29)14-13-23-9-5-3-6-10-23)17-35-26(30)19-33-15-16-34-20-27(31)36-18-22(2)28(32)37-24-11-7-4-8-12-24/h23-24H,1-20H2. The first kappa shape index (κ1) is 30.7. The Labute approximate surface area is 219 Å². The fraction of sp³-hybridized carbons (Fsp3) is 0.714. The number of hydrogen-bond donors (Lipinski definition) is 0. The molecule has 0 unspecified atom stereocenters. The molecule has 9 heteroatoms. The van der Waals surface area contributed by atoms with E-state index in [0.29, 0.717) is 12.3 Å². The topological polar surface area (TPSA) is 114 Å². The Balaban J connectivity index is 1.43. The van der Waals surface area contributed by atoms with E-state index in [1.807, 2.05) is 0 Å². The largest absolute Gasteiger partial charge is 0.459 e. The summed E-state index contributed by atoms with van der Waals surface area (Å²) in [6.45, 7) is 6.41. The van der Waals surface area contributed by atoms with Crippen molar-refractivity contribution in [3.05, 3.63) is 24.3 Å². The Bertz CT molecular complexity index is 777. The minimum absolute atomic E-state index is 0.0550. The fourth-order valence-electron chi connectivity index (χ4n) is 4.39. The zero-order valence-electron chi connectivity index (χ0n) is 22.0. The van der Waals surface area contributed by atoms with Crippen LogP contribution < -0.4 is 0 Å². The molecule has 2 aliphatic carbocycles. The number of esters is 3. The van der Waals surface area contributed by atoms with Crippen molar-refractivity contribution in [1.82, 2.24) is 0 Å². The van der Waals surface area contributed by atoms with Gasteiger partial charge >= 0.3 is 17.9 Å². The summed E-state index contributed by atoms with van der Waals surface area (Å²) < 4.78 is 25.7. The molecule has 2 fully saturated rings. The molecule has 0 aromatic carbocycles. The van der Waals surface area contributed by atoms with Crippen LogP contribution >= 0.6 is 0 Å². The fourth-order valence-corrected chi connectivity index (χ4v) is 4.39. The number of carbonyl (C=O) groups excluding carboxylic acids is 4. The number of carbonyl (C=O) groups is 4. The van der Waals surface area contributed by atoms with E-state index in [1.165, 1.54) is 32.1 Å². The van der Waals surface area contributed by atoms with E-state index in [-0.39, 0.29) is 62.7 Å². The Morgan fingerprint density at radius 1 is 0.649 bits per heavy atom. The lowest BCUT2D eigenvalue weighted by atomic mass is 9.85. The van der Waals surface area contributed by atoms with Crippen LogP contribution in [0.5, 0.6) is 0 Å². The number of hydrogen-bond acceptors (Lipinski definition) is 9. The van der Waals surface area contributed by atoms with Gasteiger partial charge in [0.2, 0.25) is 0 Å². The van der Waals surface area contributed by atoms with Crippen molar-refractivity contribution >= 4 is 23.7 Å². The van der Waals surface area contributed by atoms with E-state index in [0.717, 1.165) is 38.5 Å². The molecule has 2 rings (SSSR count). The number of Topliss-reactive ketones (excluding diaryl/α,β-unsaturated/α-hetero) is 1. The van der Waals surface area contributed by atoms with Crippen LogP contribution in [0, 0.1) is 5.92 Å². The van der Waals surface area contributed by atoms with Gasteiger partial charge in [0.05, 0.1) is 18.8 Å². The Morgan fingerprint density at radius 3 is 1.73 bits per heavy atom. The highest BCUT2D eigenvalue weighted by molar-refractivity contribution is 5.95. The Kier molecular flexibility index (Phi) is 14.8. The molecule has 0 aromatic rings. The third kappa shape index (κ3) is 13.6. The van der Waals surface area contributed by atoms with E-state index in [1.54, 1.807) is 0 Å². The van der Waals surface area contributed by atoms with Crippen LogP contribution in [-0.4, -0.2) is 69.4 Å². The second-order valence-corrected chi connectivity index (χ2v) is 9.76. The molecule has 0 heterocycles. The summed E-state index contributed by atoms with van der Waals surface area (Å²) in [6, 6.07) is 0. The molecule has 9 nitrogen and oxygen atoms in total. The van der Waals surface area contributed by atoms with Crippen LogP contribution in [-0.2, 0) is 42.9 Å². The summed E-state index contributed by atoms with van der Waals surface area (Å²) in [4.78, 5) is 47.7. The van der Waals surface area contributed by atoms with Gasteiger partial charge < -0.3 is 23.7 Å². The molecule has 2 saturated carbocycles. The van der Waals surface area contributed by atoms with Crippen molar-refractivity contribution < 1.29 is 42.9 Å². The van der Waals surface area contributed by atoms with E-state index >= 15 is 0 Å². The van der Waals surface area contributed by atoms with Gasteiger partial charge in [-0.2, -0.15) is 0 Å².